The first-order valence-corrected chi connectivity index (χ1v) is 6.88. The maximum atomic E-state index is 11.6. The first-order valence-electron chi connectivity index (χ1n) is 6.88. The van der Waals surface area contributed by atoms with Crippen molar-refractivity contribution in [3.63, 3.8) is 0 Å². The minimum atomic E-state index is -0.965. The molecule has 3 aromatic rings. The molecule has 0 fully saturated rings. The zero-order valence-corrected chi connectivity index (χ0v) is 12.3. The second-order valence-electron chi connectivity index (χ2n) is 5.06. The molecule has 0 bridgehead atoms. The zero-order chi connectivity index (χ0) is 15.7. The van der Waals surface area contributed by atoms with Crippen LogP contribution in [-0.4, -0.2) is 23.2 Å². The van der Waals surface area contributed by atoms with Crippen LogP contribution in [0, 0.1) is 6.92 Å². The number of rotatable bonds is 3. The Balaban J connectivity index is 2.32. The Morgan fingerprint density at radius 2 is 1.91 bits per heavy atom. The number of pyridine rings is 1. The van der Waals surface area contributed by atoms with E-state index in [9.17, 15) is 9.90 Å². The fraction of sp³-hybridized carbons (Fsp3) is 0.111. The van der Waals surface area contributed by atoms with Crippen LogP contribution in [0.4, 0.5) is 0 Å². The first kappa shape index (κ1) is 14.1. The highest BCUT2D eigenvalue weighted by Gasteiger charge is 2.14. The van der Waals surface area contributed by atoms with Crippen LogP contribution >= 0.6 is 0 Å². The number of nitrogens with zero attached hydrogens (tertiary/aromatic N) is 1. The third-order valence-electron chi connectivity index (χ3n) is 3.67. The molecule has 0 amide bonds. The van der Waals surface area contributed by atoms with Gasteiger partial charge in [-0.3, -0.25) is 0 Å². The number of carbonyl (C=O) groups is 1. The average molecular weight is 293 g/mol. The van der Waals surface area contributed by atoms with Crippen LogP contribution in [0.15, 0.2) is 48.5 Å². The SMILES string of the molecule is COc1ccc2c(C(=O)O)cc(-c3ccccc3C)nc2c1. The minimum absolute atomic E-state index is 0.242. The van der Waals surface area contributed by atoms with Gasteiger partial charge in [-0.25, -0.2) is 9.78 Å². The molecule has 1 aromatic heterocycles. The Hall–Kier alpha value is -2.88. The number of fused-ring (bicyclic) bond motifs is 1. The number of aromatic carboxylic acids is 1. The molecule has 0 unspecified atom stereocenters. The van der Waals surface area contributed by atoms with Gasteiger partial charge in [-0.15, -0.1) is 0 Å². The highest BCUT2D eigenvalue weighted by molar-refractivity contribution is 6.04. The van der Waals surface area contributed by atoms with E-state index in [0.717, 1.165) is 11.1 Å². The van der Waals surface area contributed by atoms with E-state index < -0.39 is 5.97 Å². The zero-order valence-electron chi connectivity index (χ0n) is 12.3. The molecule has 22 heavy (non-hydrogen) atoms. The minimum Gasteiger partial charge on any atom is -0.497 e. The molecule has 3 rings (SSSR count). The van der Waals surface area contributed by atoms with Crippen molar-refractivity contribution in [3.05, 3.63) is 59.7 Å². The lowest BCUT2D eigenvalue weighted by molar-refractivity contribution is 0.0699. The number of hydrogen-bond donors (Lipinski definition) is 1. The largest absolute Gasteiger partial charge is 0.497 e. The van der Waals surface area contributed by atoms with E-state index in [0.29, 0.717) is 22.3 Å². The van der Waals surface area contributed by atoms with Gasteiger partial charge in [0.25, 0.3) is 0 Å². The lowest BCUT2D eigenvalue weighted by Crippen LogP contribution is -2.01. The predicted molar refractivity (Wildman–Crippen MR) is 85.4 cm³/mol. The van der Waals surface area contributed by atoms with Crippen molar-refractivity contribution in [1.82, 2.24) is 4.98 Å². The van der Waals surface area contributed by atoms with Gasteiger partial charge in [0.15, 0.2) is 0 Å². The van der Waals surface area contributed by atoms with Crippen LogP contribution in [0.3, 0.4) is 0 Å². The number of carboxylic acid groups (broad SMARTS) is 1. The summed E-state index contributed by atoms with van der Waals surface area (Å²) in [6, 6.07) is 14.6. The molecule has 0 saturated heterocycles. The first-order chi connectivity index (χ1) is 10.6. The summed E-state index contributed by atoms with van der Waals surface area (Å²) in [5.41, 5.74) is 3.47. The molecule has 0 aliphatic rings. The van der Waals surface area contributed by atoms with Crippen molar-refractivity contribution in [2.24, 2.45) is 0 Å². The molecule has 1 heterocycles. The summed E-state index contributed by atoms with van der Waals surface area (Å²) >= 11 is 0. The predicted octanol–water partition coefficient (Wildman–Crippen LogP) is 3.92. The van der Waals surface area contributed by atoms with E-state index in [2.05, 4.69) is 4.98 Å². The van der Waals surface area contributed by atoms with Crippen LogP contribution in [0.25, 0.3) is 22.2 Å². The summed E-state index contributed by atoms with van der Waals surface area (Å²) in [5.74, 6) is -0.314. The average Bonchev–Trinajstić information content (AvgIpc) is 2.53. The molecule has 0 atom stereocenters. The Kier molecular flexibility index (Phi) is 3.51. The number of hydrogen-bond acceptors (Lipinski definition) is 3. The molecule has 0 radical (unpaired) electrons. The van der Waals surface area contributed by atoms with Gasteiger partial charge in [0.1, 0.15) is 5.75 Å². The van der Waals surface area contributed by atoms with Gasteiger partial charge in [-0.2, -0.15) is 0 Å². The van der Waals surface area contributed by atoms with Gasteiger partial charge in [-0.1, -0.05) is 24.3 Å². The lowest BCUT2D eigenvalue weighted by atomic mass is 10.0. The smallest absolute Gasteiger partial charge is 0.336 e. The summed E-state index contributed by atoms with van der Waals surface area (Å²) in [6.07, 6.45) is 0. The van der Waals surface area contributed by atoms with Gasteiger partial charge in [0.2, 0.25) is 0 Å². The monoisotopic (exact) mass is 293 g/mol. The van der Waals surface area contributed by atoms with Crippen LogP contribution in [0.1, 0.15) is 15.9 Å². The standard InChI is InChI=1S/C18H15NO3/c1-11-5-3-4-6-13(11)17-10-15(18(20)21)14-8-7-12(22-2)9-16(14)19-17/h3-10H,1-2H3,(H,20,21). The Morgan fingerprint density at radius 3 is 2.59 bits per heavy atom. The summed E-state index contributed by atoms with van der Waals surface area (Å²) in [4.78, 5) is 16.2. The van der Waals surface area contributed by atoms with Crippen molar-refractivity contribution in [1.29, 1.82) is 0 Å². The van der Waals surface area contributed by atoms with Crippen LogP contribution in [-0.2, 0) is 0 Å². The number of aryl methyl sites for hydroxylation is 1. The van der Waals surface area contributed by atoms with Crippen molar-refractivity contribution < 1.29 is 14.6 Å². The number of benzene rings is 2. The molecule has 0 spiro atoms. The number of methoxy groups -OCH3 is 1. The number of aromatic nitrogens is 1. The van der Waals surface area contributed by atoms with Crippen molar-refractivity contribution in [2.45, 2.75) is 6.92 Å². The Morgan fingerprint density at radius 1 is 1.14 bits per heavy atom. The van der Waals surface area contributed by atoms with Gasteiger partial charge >= 0.3 is 5.97 Å². The summed E-state index contributed by atoms with van der Waals surface area (Å²) < 4.78 is 5.20. The van der Waals surface area contributed by atoms with Crippen molar-refractivity contribution in [3.8, 4) is 17.0 Å². The fourth-order valence-electron chi connectivity index (χ4n) is 2.51. The lowest BCUT2D eigenvalue weighted by Gasteiger charge is -2.10. The molecule has 1 N–H and O–H groups in total. The third-order valence-corrected chi connectivity index (χ3v) is 3.67. The molecular weight excluding hydrogens is 278 g/mol. The maximum absolute atomic E-state index is 11.6. The molecule has 0 saturated carbocycles. The number of ether oxygens (including phenoxy) is 1. The molecular formula is C18H15NO3. The second kappa shape index (κ2) is 5.48. The Labute approximate surface area is 128 Å². The van der Waals surface area contributed by atoms with Crippen LogP contribution in [0.5, 0.6) is 5.75 Å². The van der Waals surface area contributed by atoms with E-state index in [1.807, 2.05) is 31.2 Å². The van der Waals surface area contributed by atoms with Gasteiger partial charge in [0.05, 0.1) is 23.9 Å². The van der Waals surface area contributed by atoms with Gasteiger partial charge < -0.3 is 9.84 Å². The molecule has 4 heteroatoms. The second-order valence-corrected chi connectivity index (χ2v) is 5.06. The molecule has 0 aliphatic heterocycles. The van der Waals surface area contributed by atoms with Crippen LogP contribution in [0.2, 0.25) is 0 Å². The van der Waals surface area contributed by atoms with Crippen LogP contribution < -0.4 is 4.74 Å². The summed E-state index contributed by atoms with van der Waals surface area (Å²) in [5, 5.41) is 10.1. The molecule has 4 nitrogen and oxygen atoms in total. The van der Waals surface area contributed by atoms with Gasteiger partial charge in [0, 0.05) is 17.0 Å². The molecule has 2 aromatic carbocycles. The van der Waals surface area contributed by atoms with E-state index in [4.69, 9.17) is 4.74 Å². The van der Waals surface area contributed by atoms with E-state index in [1.54, 1.807) is 31.4 Å². The topological polar surface area (TPSA) is 59.4 Å². The maximum Gasteiger partial charge on any atom is 0.336 e. The number of carboxylic acids is 1. The highest BCUT2D eigenvalue weighted by atomic mass is 16.5. The summed E-state index contributed by atoms with van der Waals surface area (Å²) in [7, 11) is 1.57. The van der Waals surface area contributed by atoms with Crippen molar-refractivity contribution in [2.75, 3.05) is 7.11 Å². The molecule has 0 aliphatic carbocycles. The van der Waals surface area contributed by atoms with Crippen molar-refractivity contribution >= 4 is 16.9 Å². The Bertz CT molecular complexity index is 871. The quantitative estimate of drug-likeness (QED) is 0.795. The normalized spacial score (nSPS) is 10.6. The van der Waals surface area contributed by atoms with E-state index in [1.165, 1.54) is 0 Å². The van der Waals surface area contributed by atoms with E-state index >= 15 is 0 Å². The fourth-order valence-corrected chi connectivity index (χ4v) is 2.51. The van der Waals surface area contributed by atoms with E-state index in [-0.39, 0.29) is 5.56 Å². The summed E-state index contributed by atoms with van der Waals surface area (Å²) in [6.45, 7) is 1.98. The molecule has 110 valence electrons. The third kappa shape index (κ3) is 2.39. The van der Waals surface area contributed by atoms with Gasteiger partial charge in [-0.05, 0) is 30.7 Å². The highest BCUT2D eigenvalue weighted by Crippen LogP contribution is 2.29.